The van der Waals surface area contributed by atoms with Gasteiger partial charge in [-0.15, -0.1) is 0 Å². The van der Waals surface area contributed by atoms with Gasteiger partial charge in [0.2, 0.25) is 11.8 Å². The zero-order valence-electron chi connectivity index (χ0n) is 15.0. The minimum Gasteiger partial charge on any atom is -0.381 e. The first-order valence-corrected chi connectivity index (χ1v) is 10.0. The standard InChI is InChI=1S/C19H29N3O3/c23-19(15-5-1-2-6-15)22-11-4-3-7-16(22)18-20-17(21-25-18)10-12-24-13-14-8-9-14/h14-16H,1-13H2. The maximum atomic E-state index is 12.9. The van der Waals surface area contributed by atoms with Crippen LogP contribution in [0, 0.1) is 11.8 Å². The Labute approximate surface area is 149 Å². The first-order valence-electron chi connectivity index (χ1n) is 10.0. The summed E-state index contributed by atoms with van der Waals surface area (Å²) in [6, 6.07) is -0.0320. The van der Waals surface area contributed by atoms with Crippen LogP contribution in [0.3, 0.4) is 0 Å². The van der Waals surface area contributed by atoms with Gasteiger partial charge in [0, 0.05) is 25.5 Å². The second kappa shape index (κ2) is 7.85. The molecule has 0 bridgehead atoms. The summed E-state index contributed by atoms with van der Waals surface area (Å²) >= 11 is 0. The van der Waals surface area contributed by atoms with E-state index >= 15 is 0 Å². The number of carbonyl (C=O) groups is 1. The highest BCUT2D eigenvalue weighted by atomic mass is 16.5. The molecule has 3 fully saturated rings. The highest BCUT2D eigenvalue weighted by Gasteiger charge is 2.36. The van der Waals surface area contributed by atoms with E-state index in [1.165, 1.54) is 25.7 Å². The lowest BCUT2D eigenvalue weighted by atomic mass is 9.98. The third kappa shape index (κ3) is 4.22. The van der Waals surface area contributed by atoms with Crippen molar-refractivity contribution >= 4 is 5.91 Å². The molecule has 3 aliphatic rings. The van der Waals surface area contributed by atoms with Crippen molar-refractivity contribution in [1.82, 2.24) is 15.0 Å². The van der Waals surface area contributed by atoms with E-state index in [-0.39, 0.29) is 12.0 Å². The maximum Gasteiger partial charge on any atom is 0.249 e. The van der Waals surface area contributed by atoms with E-state index < -0.39 is 0 Å². The minimum atomic E-state index is -0.0320. The Morgan fingerprint density at radius 1 is 1.12 bits per heavy atom. The molecule has 2 saturated carbocycles. The smallest absolute Gasteiger partial charge is 0.249 e. The fourth-order valence-corrected chi connectivity index (χ4v) is 4.06. The molecule has 4 rings (SSSR count). The van der Waals surface area contributed by atoms with Gasteiger partial charge in [0.15, 0.2) is 5.82 Å². The van der Waals surface area contributed by atoms with Gasteiger partial charge in [-0.05, 0) is 50.9 Å². The van der Waals surface area contributed by atoms with Crippen molar-refractivity contribution in [2.24, 2.45) is 11.8 Å². The van der Waals surface area contributed by atoms with Crippen LogP contribution >= 0.6 is 0 Å². The summed E-state index contributed by atoms with van der Waals surface area (Å²) in [5.74, 6) is 2.60. The van der Waals surface area contributed by atoms with Gasteiger partial charge < -0.3 is 14.2 Å². The van der Waals surface area contributed by atoms with Gasteiger partial charge in [0.25, 0.3) is 0 Å². The molecular formula is C19H29N3O3. The van der Waals surface area contributed by atoms with Gasteiger partial charge in [-0.25, -0.2) is 0 Å². The van der Waals surface area contributed by atoms with Gasteiger partial charge in [-0.3, -0.25) is 4.79 Å². The third-order valence-corrected chi connectivity index (χ3v) is 5.78. The van der Waals surface area contributed by atoms with Crippen molar-refractivity contribution in [3.05, 3.63) is 11.7 Å². The number of hydrogen-bond acceptors (Lipinski definition) is 5. The largest absolute Gasteiger partial charge is 0.381 e. The number of amides is 1. The summed E-state index contributed by atoms with van der Waals surface area (Å²) in [4.78, 5) is 19.5. The number of likely N-dealkylation sites (tertiary alicyclic amines) is 1. The molecule has 2 aliphatic carbocycles. The molecular weight excluding hydrogens is 318 g/mol. The summed E-state index contributed by atoms with van der Waals surface area (Å²) in [5.41, 5.74) is 0. The number of aromatic nitrogens is 2. The fourth-order valence-electron chi connectivity index (χ4n) is 4.06. The molecule has 0 spiro atoms. The Morgan fingerprint density at radius 2 is 1.92 bits per heavy atom. The predicted molar refractivity (Wildman–Crippen MR) is 91.8 cm³/mol. The van der Waals surface area contributed by atoms with Crippen molar-refractivity contribution in [1.29, 1.82) is 0 Å². The van der Waals surface area contributed by atoms with Gasteiger partial charge in [0.05, 0.1) is 6.61 Å². The monoisotopic (exact) mass is 347 g/mol. The summed E-state index contributed by atoms with van der Waals surface area (Å²) in [7, 11) is 0. The van der Waals surface area contributed by atoms with E-state index in [1.807, 2.05) is 4.90 Å². The van der Waals surface area contributed by atoms with Crippen LogP contribution in [0.1, 0.15) is 75.5 Å². The zero-order chi connectivity index (χ0) is 17.1. The molecule has 1 aliphatic heterocycles. The summed E-state index contributed by atoms with van der Waals surface area (Å²) in [6.45, 7) is 2.32. The molecule has 1 amide bonds. The number of piperidine rings is 1. The Bertz CT molecular complexity index is 578. The second-order valence-corrected chi connectivity index (χ2v) is 7.84. The number of hydrogen-bond donors (Lipinski definition) is 0. The highest BCUT2D eigenvalue weighted by molar-refractivity contribution is 5.79. The maximum absolute atomic E-state index is 12.9. The van der Waals surface area contributed by atoms with Crippen LogP contribution < -0.4 is 0 Å². The fraction of sp³-hybridized carbons (Fsp3) is 0.842. The van der Waals surface area contributed by atoms with Gasteiger partial charge >= 0.3 is 0 Å². The molecule has 6 nitrogen and oxygen atoms in total. The molecule has 2 heterocycles. The SMILES string of the molecule is O=C(C1CCCC1)N1CCCCC1c1nc(CCOCC2CC2)no1. The molecule has 6 heteroatoms. The lowest BCUT2D eigenvalue weighted by molar-refractivity contribution is -0.140. The predicted octanol–water partition coefficient (Wildman–Crippen LogP) is 3.28. The number of ether oxygens (including phenoxy) is 1. The Kier molecular flexibility index (Phi) is 5.34. The van der Waals surface area contributed by atoms with Crippen molar-refractivity contribution in [3.63, 3.8) is 0 Å². The molecule has 0 radical (unpaired) electrons. The molecule has 138 valence electrons. The van der Waals surface area contributed by atoms with E-state index in [4.69, 9.17) is 9.26 Å². The molecule has 1 saturated heterocycles. The van der Waals surface area contributed by atoms with Gasteiger partial charge in [0.1, 0.15) is 6.04 Å². The van der Waals surface area contributed by atoms with Crippen LogP contribution in [0.15, 0.2) is 4.52 Å². The zero-order valence-corrected chi connectivity index (χ0v) is 15.0. The van der Waals surface area contributed by atoms with Crippen LogP contribution in [-0.4, -0.2) is 40.7 Å². The van der Waals surface area contributed by atoms with Crippen molar-refractivity contribution in [3.8, 4) is 0 Å². The Hall–Kier alpha value is -1.43. The number of carbonyl (C=O) groups excluding carboxylic acids is 1. The average Bonchev–Trinajstić information content (AvgIpc) is 3.12. The molecule has 1 aromatic heterocycles. The highest BCUT2D eigenvalue weighted by Crippen LogP contribution is 2.35. The average molecular weight is 347 g/mol. The van der Waals surface area contributed by atoms with Crippen LogP contribution in [0.5, 0.6) is 0 Å². The summed E-state index contributed by atoms with van der Waals surface area (Å²) in [5, 5.41) is 4.11. The topological polar surface area (TPSA) is 68.5 Å². The first-order chi connectivity index (χ1) is 12.3. The second-order valence-electron chi connectivity index (χ2n) is 7.84. The van der Waals surface area contributed by atoms with E-state index in [1.54, 1.807) is 0 Å². The third-order valence-electron chi connectivity index (χ3n) is 5.78. The molecule has 0 N–H and O–H groups in total. The van der Waals surface area contributed by atoms with E-state index in [2.05, 4.69) is 10.1 Å². The van der Waals surface area contributed by atoms with Crippen molar-refractivity contribution in [2.45, 2.75) is 70.3 Å². The lowest BCUT2D eigenvalue weighted by Crippen LogP contribution is -2.41. The summed E-state index contributed by atoms with van der Waals surface area (Å²) in [6.07, 6.45) is 10.8. The quantitative estimate of drug-likeness (QED) is 0.708. The molecule has 1 aromatic rings. The van der Waals surface area contributed by atoms with Crippen LogP contribution in [0.2, 0.25) is 0 Å². The molecule has 0 aromatic carbocycles. The molecule has 1 unspecified atom stereocenters. The lowest BCUT2D eigenvalue weighted by Gasteiger charge is -2.35. The van der Waals surface area contributed by atoms with E-state index in [9.17, 15) is 4.79 Å². The Morgan fingerprint density at radius 3 is 2.72 bits per heavy atom. The molecule has 1 atom stereocenters. The van der Waals surface area contributed by atoms with Gasteiger partial charge in [-0.2, -0.15) is 4.98 Å². The van der Waals surface area contributed by atoms with Crippen LogP contribution in [0.4, 0.5) is 0 Å². The normalized spacial score (nSPS) is 24.8. The number of nitrogens with zero attached hydrogens (tertiary/aromatic N) is 3. The van der Waals surface area contributed by atoms with Crippen molar-refractivity contribution in [2.75, 3.05) is 19.8 Å². The van der Waals surface area contributed by atoms with Gasteiger partial charge in [-0.1, -0.05) is 18.0 Å². The summed E-state index contributed by atoms with van der Waals surface area (Å²) < 4.78 is 11.2. The van der Waals surface area contributed by atoms with Crippen LogP contribution in [0.25, 0.3) is 0 Å². The van der Waals surface area contributed by atoms with Crippen molar-refractivity contribution < 1.29 is 14.1 Å². The van der Waals surface area contributed by atoms with E-state index in [0.717, 1.165) is 51.2 Å². The first kappa shape index (κ1) is 17.0. The number of rotatable bonds is 7. The van der Waals surface area contributed by atoms with Crippen LogP contribution in [-0.2, 0) is 16.0 Å². The Balaban J connectivity index is 1.35. The van der Waals surface area contributed by atoms with E-state index in [0.29, 0.717) is 30.7 Å². The minimum absolute atomic E-state index is 0.0320. The molecule has 25 heavy (non-hydrogen) atoms.